The molecule has 2 heterocycles. The number of carbonyl (C=O) groups excluding carboxylic acids is 1. The molecule has 4 N–H and O–H groups in total. The fourth-order valence-electron chi connectivity index (χ4n) is 4.47. The van der Waals surface area contributed by atoms with Crippen molar-refractivity contribution < 1.29 is 9.90 Å². The molecular formula is C21H27N5O2. The van der Waals surface area contributed by atoms with Gasteiger partial charge in [-0.15, -0.1) is 0 Å². The van der Waals surface area contributed by atoms with Crippen LogP contribution in [0.25, 0.3) is 0 Å². The smallest absolute Gasteiger partial charge is 0.248 e. The number of hydrogen-bond acceptors (Lipinski definition) is 6. The summed E-state index contributed by atoms with van der Waals surface area (Å²) in [4.78, 5) is 22.7. The number of hydrogen-bond donors (Lipinski definition) is 3. The molecule has 0 radical (unpaired) electrons. The molecule has 1 aliphatic carbocycles. The van der Waals surface area contributed by atoms with Crippen molar-refractivity contribution in [3.05, 3.63) is 47.4 Å². The van der Waals surface area contributed by atoms with Gasteiger partial charge in [-0.3, -0.25) is 9.78 Å². The van der Waals surface area contributed by atoms with Crippen molar-refractivity contribution in [2.75, 3.05) is 10.2 Å². The number of aromatic nitrogens is 2. The summed E-state index contributed by atoms with van der Waals surface area (Å²) in [6.07, 6.45) is 5.18. The zero-order chi connectivity index (χ0) is 20.0. The van der Waals surface area contributed by atoms with Gasteiger partial charge in [-0.1, -0.05) is 6.92 Å². The van der Waals surface area contributed by atoms with Crippen LogP contribution in [0.3, 0.4) is 0 Å². The van der Waals surface area contributed by atoms with E-state index in [-0.39, 0.29) is 18.0 Å². The Hall–Kier alpha value is -2.67. The van der Waals surface area contributed by atoms with Crippen LogP contribution in [0, 0.1) is 18.8 Å². The van der Waals surface area contributed by atoms with Gasteiger partial charge in [-0.05, 0) is 56.4 Å². The zero-order valence-electron chi connectivity index (χ0n) is 16.5. The number of anilines is 2. The van der Waals surface area contributed by atoms with Gasteiger partial charge in [0.05, 0.1) is 24.1 Å². The van der Waals surface area contributed by atoms with Crippen molar-refractivity contribution in [2.45, 2.75) is 51.9 Å². The van der Waals surface area contributed by atoms with Crippen LogP contribution in [0.15, 0.2) is 30.6 Å². The number of nitrogens with zero attached hydrogens (tertiary/aromatic N) is 3. The van der Waals surface area contributed by atoms with Crippen LogP contribution >= 0.6 is 0 Å². The maximum atomic E-state index is 11.8. The average molecular weight is 381 g/mol. The number of aliphatic hydroxyl groups excluding tert-OH is 1. The number of rotatable bonds is 5. The largest absolute Gasteiger partial charge is 0.374 e. The van der Waals surface area contributed by atoms with Gasteiger partial charge in [0, 0.05) is 23.2 Å². The molecule has 28 heavy (non-hydrogen) atoms. The SMILES string of the molecule is Cc1cnc(N[C@H]2c3cc(C(N)=O)ccc3N(C(C)O)[C@@H](C3CC3)[C@@H]2C)cn1. The third-order valence-electron chi connectivity index (χ3n) is 5.90. The molecular weight excluding hydrogens is 354 g/mol. The molecule has 1 unspecified atom stereocenters. The maximum Gasteiger partial charge on any atom is 0.248 e. The van der Waals surface area contributed by atoms with E-state index >= 15 is 0 Å². The number of amides is 1. The maximum absolute atomic E-state index is 11.8. The number of primary amides is 1. The predicted octanol–water partition coefficient (Wildman–Crippen LogP) is 2.61. The van der Waals surface area contributed by atoms with Crippen LogP contribution in [0.1, 0.15) is 54.3 Å². The summed E-state index contributed by atoms with van der Waals surface area (Å²) in [5.74, 6) is 0.984. The quantitative estimate of drug-likeness (QED) is 0.735. The van der Waals surface area contributed by atoms with E-state index in [1.54, 1.807) is 25.4 Å². The van der Waals surface area contributed by atoms with Crippen LogP contribution < -0.4 is 16.0 Å². The Kier molecular flexibility index (Phi) is 4.71. The van der Waals surface area contributed by atoms with Gasteiger partial charge in [-0.2, -0.15) is 0 Å². The van der Waals surface area contributed by atoms with E-state index in [0.29, 0.717) is 17.3 Å². The van der Waals surface area contributed by atoms with E-state index in [1.165, 1.54) is 12.8 Å². The standard InChI is InChI=1S/C21H27N5O2/c1-11-9-24-18(10-23-11)25-19-12(2)20(14-4-5-14)26(13(3)27)17-7-6-15(21(22)28)8-16(17)19/h6-10,12-14,19-20,27H,4-5H2,1-3H3,(H2,22,28)(H,24,25)/t12-,13?,19-,20-/m1/s1. The summed E-state index contributed by atoms with van der Waals surface area (Å²) >= 11 is 0. The van der Waals surface area contributed by atoms with Gasteiger partial charge in [0.25, 0.3) is 0 Å². The molecule has 2 aromatic rings. The van der Waals surface area contributed by atoms with Crippen LogP contribution in [-0.4, -0.2) is 33.3 Å². The van der Waals surface area contributed by atoms with Crippen molar-refractivity contribution in [2.24, 2.45) is 17.6 Å². The lowest BCUT2D eigenvalue weighted by Gasteiger charge is -2.48. The Morgan fingerprint density at radius 1 is 1.32 bits per heavy atom. The molecule has 1 saturated carbocycles. The molecule has 0 saturated heterocycles. The van der Waals surface area contributed by atoms with Gasteiger partial charge in [0.1, 0.15) is 12.0 Å². The van der Waals surface area contributed by atoms with Crippen LogP contribution in [0.2, 0.25) is 0 Å². The highest BCUT2D eigenvalue weighted by atomic mass is 16.3. The first-order valence-electron chi connectivity index (χ1n) is 9.82. The third-order valence-corrected chi connectivity index (χ3v) is 5.90. The van der Waals surface area contributed by atoms with Crippen LogP contribution in [0.4, 0.5) is 11.5 Å². The summed E-state index contributed by atoms with van der Waals surface area (Å²) in [5, 5.41) is 14.1. The first-order valence-corrected chi connectivity index (χ1v) is 9.82. The lowest BCUT2D eigenvalue weighted by Crippen LogP contribution is -2.52. The number of nitrogens with two attached hydrogens (primary N) is 1. The van der Waals surface area contributed by atoms with E-state index in [2.05, 4.69) is 27.1 Å². The van der Waals surface area contributed by atoms with Crippen molar-refractivity contribution in [1.82, 2.24) is 9.97 Å². The topological polar surface area (TPSA) is 104 Å². The summed E-state index contributed by atoms with van der Waals surface area (Å²) in [7, 11) is 0. The molecule has 1 amide bonds. The lowest BCUT2D eigenvalue weighted by atomic mass is 9.79. The number of aliphatic hydroxyl groups is 1. The molecule has 148 valence electrons. The Morgan fingerprint density at radius 3 is 2.64 bits per heavy atom. The molecule has 1 aliphatic heterocycles. The highest BCUT2D eigenvalue weighted by Gasteiger charge is 2.47. The third kappa shape index (κ3) is 3.30. The first-order chi connectivity index (χ1) is 13.4. The van der Waals surface area contributed by atoms with Crippen LogP contribution in [0.5, 0.6) is 0 Å². The van der Waals surface area contributed by atoms with E-state index < -0.39 is 12.1 Å². The van der Waals surface area contributed by atoms with Gasteiger partial charge >= 0.3 is 0 Å². The second-order valence-electron chi connectivity index (χ2n) is 8.03. The Bertz CT molecular complexity index is 879. The summed E-state index contributed by atoms with van der Waals surface area (Å²) < 4.78 is 0. The number of aryl methyl sites for hydroxylation is 1. The predicted molar refractivity (Wildman–Crippen MR) is 108 cm³/mol. The van der Waals surface area contributed by atoms with Crippen LogP contribution in [-0.2, 0) is 0 Å². The summed E-state index contributed by atoms with van der Waals surface area (Å²) in [5.41, 5.74) is 8.73. The number of carbonyl (C=O) groups is 1. The van der Waals surface area contributed by atoms with Crippen molar-refractivity contribution >= 4 is 17.4 Å². The monoisotopic (exact) mass is 381 g/mol. The second kappa shape index (κ2) is 7.05. The second-order valence-corrected chi connectivity index (χ2v) is 8.03. The Morgan fingerprint density at radius 2 is 2.07 bits per heavy atom. The molecule has 4 atom stereocenters. The van der Waals surface area contributed by atoms with E-state index in [0.717, 1.165) is 16.9 Å². The average Bonchev–Trinajstić information content (AvgIpc) is 3.49. The normalized spacial score (nSPS) is 25.1. The molecule has 4 rings (SSSR count). The number of benzene rings is 1. The number of fused-ring (bicyclic) bond motifs is 1. The summed E-state index contributed by atoms with van der Waals surface area (Å²) in [6, 6.07) is 5.62. The van der Waals surface area contributed by atoms with E-state index in [1.807, 2.05) is 19.1 Å². The molecule has 1 fully saturated rings. The Balaban J connectivity index is 1.81. The molecule has 0 bridgehead atoms. The first kappa shape index (κ1) is 18.7. The minimum absolute atomic E-state index is 0.0630. The number of nitrogens with one attached hydrogen (secondary N) is 1. The summed E-state index contributed by atoms with van der Waals surface area (Å²) in [6.45, 7) is 5.89. The highest BCUT2D eigenvalue weighted by molar-refractivity contribution is 5.93. The minimum Gasteiger partial charge on any atom is -0.374 e. The van der Waals surface area contributed by atoms with Crippen molar-refractivity contribution in [1.29, 1.82) is 0 Å². The molecule has 1 aromatic heterocycles. The van der Waals surface area contributed by atoms with E-state index in [9.17, 15) is 9.90 Å². The lowest BCUT2D eigenvalue weighted by molar-refractivity contribution is 0.1000. The van der Waals surface area contributed by atoms with Gasteiger partial charge in [-0.25, -0.2) is 4.98 Å². The minimum atomic E-state index is -0.619. The fraction of sp³-hybridized carbons (Fsp3) is 0.476. The molecule has 2 aliphatic rings. The van der Waals surface area contributed by atoms with Crippen molar-refractivity contribution in [3.8, 4) is 0 Å². The zero-order valence-corrected chi connectivity index (χ0v) is 16.5. The highest BCUT2D eigenvalue weighted by Crippen LogP contribution is 2.50. The fourth-order valence-corrected chi connectivity index (χ4v) is 4.47. The van der Waals surface area contributed by atoms with Gasteiger partial charge in [0.2, 0.25) is 5.91 Å². The van der Waals surface area contributed by atoms with Gasteiger partial charge in [0.15, 0.2) is 0 Å². The van der Waals surface area contributed by atoms with E-state index in [4.69, 9.17) is 5.73 Å². The molecule has 1 aromatic carbocycles. The Labute approximate surface area is 165 Å². The van der Waals surface area contributed by atoms with Crippen molar-refractivity contribution in [3.63, 3.8) is 0 Å². The van der Waals surface area contributed by atoms with Gasteiger partial charge < -0.3 is 21.1 Å². The molecule has 7 nitrogen and oxygen atoms in total. The molecule has 0 spiro atoms. The molecule has 7 heteroatoms.